The highest BCUT2D eigenvalue weighted by Crippen LogP contribution is 2.30. The molecule has 0 spiro atoms. The van der Waals surface area contributed by atoms with Gasteiger partial charge in [-0.25, -0.2) is 14.2 Å². The molecule has 15 heteroatoms. The first-order valence-electron chi connectivity index (χ1n) is 22.4. The molecule has 3 N–H and O–H groups in total. The molecule has 13 nitrogen and oxygen atoms in total. The molecule has 3 aromatic heterocycles. The van der Waals surface area contributed by atoms with Crippen molar-refractivity contribution in [3.8, 4) is 11.1 Å². The van der Waals surface area contributed by atoms with E-state index in [9.17, 15) is 18.8 Å². The van der Waals surface area contributed by atoms with Crippen molar-refractivity contribution in [1.82, 2.24) is 39.2 Å². The van der Waals surface area contributed by atoms with E-state index in [-0.39, 0.29) is 18.0 Å². The van der Waals surface area contributed by atoms with E-state index in [1.165, 1.54) is 67.3 Å². The van der Waals surface area contributed by atoms with Crippen LogP contribution in [-0.2, 0) is 34.3 Å². The number of halogens is 2. The zero-order valence-electron chi connectivity index (χ0n) is 36.0. The van der Waals surface area contributed by atoms with Gasteiger partial charge >= 0.3 is 5.69 Å². The third-order valence-corrected chi connectivity index (χ3v) is 12.6. The minimum atomic E-state index is -0.669. The van der Waals surface area contributed by atoms with Crippen LogP contribution in [0.3, 0.4) is 0 Å². The quantitative estimate of drug-likeness (QED) is 0.0510. The first-order chi connectivity index (χ1) is 30.7. The number of hydrogen-bond acceptors (Lipinski definition) is 9. The number of benzene rings is 3. The number of imide groups is 1. The molecule has 2 saturated heterocycles. The molecule has 0 radical (unpaired) electrons. The van der Waals surface area contributed by atoms with Crippen LogP contribution in [0.4, 0.5) is 16.0 Å². The number of unbranched alkanes of at least 4 members (excludes halogenated alkanes) is 6. The minimum absolute atomic E-state index is 0.230. The van der Waals surface area contributed by atoms with Crippen LogP contribution in [0, 0.1) is 5.82 Å². The number of H-pyrrole nitrogens is 1. The second-order valence-electron chi connectivity index (χ2n) is 16.9. The summed E-state index contributed by atoms with van der Waals surface area (Å²) in [7, 11) is 1.73. The van der Waals surface area contributed by atoms with E-state index in [0.717, 1.165) is 86.2 Å². The summed E-state index contributed by atoms with van der Waals surface area (Å²) in [5.41, 5.74) is 7.01. The lowest BCUT2D eigenvalue weighted by Crippen LogP contribution is -2.46. The largest absolute Gasteiger partial charge is 0.381 e. The molecule has 5 heterocycles. The fourth-order valence-electron chi connectivity index (χ4n) is 8.88. The van der Waals surface area contributed by atoms with Gasteiger partial charge in [0.25, 0.3) is 0 Å². The molecule has 0 aliphatic carbocycles. The van der Waals surface area contributed by atoms with Crippen molar-refractivity contribution in [2.45, 2.75) is 83.2 Å². The van der Waals surface area contributed by atoms with Gasteiger partial charge in [0.15, 0.2) is 0 Å². The Bertz CT molecular complexity index is 2560. The number of rotatable bonds is 20. The second-order valence-corrected chi connectivity index (χ2v) is 17.4. The highest BCUT2D eigenvalue weighted by atomic mass is 35.5. The van der Waals surface area contributed by atoms with Crippen molar-refractivity contribution in [3.05, 3.63) is 106 Å². The maximum Gasteiger partial charge on any atom is 0.329 e. The van der Waals surface area contributed by atoms with Crippen LogP contribution in [0.25, 0.3) is 33.2 Å². The van der Waals surface area contributed by atoms with Gasteiger partial charge in [-0.05, 0) is 85.7 Å². The third-order valence-electron chi connectivity index (χ3n) is 12.4. The number of amides is 2. The number of nitrogens with one attached hydrogen (secondary N) is 3. The number of hydrogen-bond donors (Lipinski definition) is 3. The van der Waals surface area contributed by atoms with Gasteiger partial charge in [0.2, 0.25) is 17.8 Å². The molecule has 1 unspecified atom stereocenters. The lowest BCUT2D eigenvalue weighted by Gasteiger charge is -2.34. The summed E-state index contributed by atoms with van der Waals surface area (Å²) in [4.78, 5) is 54.5. The first-order valence-corrected chi connectivity index (χ1v) is 22.8. The molecule has 3 aromatic carbocycles. The highest BCUT2D eigenvalue weighted by molar-refractivity contribution is 6.30. The van der Waals surface area contributed by atoms with Crippen LogP contribution in [0.5, 0.6) is 0 Å². The number of aromatic amines is 1. The Morgan fingerprint density at radius 3 is 2.35 bits per heavy atom. The number of piperidine rings is 1. The van der Waals surface area contributed by atoms with E-state index in [0.29, 0.717) is 40.8 Å². The Kier molecular flexibility index (Phi) is 14.6. The predicted molar refractivity (Wildman–Crippen MR) is 246 cm³/mol. The van der Waals surface area contributed by atoms with Gasteiger partial charge in [-0.2, -0.15) is 4.98 Å². The fraction of sp³-hybridized carbons (Fsp3) is 0.438. The number of imidazole rings is 1. The van der Waals surface area contributed by atoms with Crippen molar-refractivity contribution in [3.63, 3.8) is 0 Å². The Hall–Kier alpha value is -5.41. The second kappa shape index (κ2) is 20.8. The monoisotopic (exact) mass is 877 g/mol. The standard InChI is InChI=1S/C48H57ClFN9O4/c1-56-43-26-33(13-16-41(43)59(48(56)62)42-17-18-44(60)54-46(42)61)10-9-25-63-24-8-6-4-2-3-5-7-19-57-20-22-58(23-21-57)32-34-11-14-35(15-12-34)39-30-51-45-40(39)31-52-47(55-45)53-38-28-36(49)27-37(50)29-38/h11-16,26-31,42H,2-10,17-25,32H2,1H3,(H,54,60,61)(H2,51,52,53,55). The van der Waals surface area contributed by atoms with Gasteiger partial charge in [-0.15, -0.1) is 0 Å². The number of aromatic nitrogens is 5. The third kappa shape index (κ3) is 11.2. The van der Waals surface area contributed by atoms with Crippen LogP contribution in [0.2, 0.25) is 5.02 Å². The summed E-state index contributed by atoms with van der Waals surface area (Å²) >= 11 is 5.99. The molecule has 8 rings (SSSR count). The molecule has 0 saturated carbocycles. The summed E-state index contributed by atoms with van der Waals surface area (Å²) < 4.78 is 22.8. The predicted octanol–water partition coefficient (Wildman–Crippen LogP) is 8.29. The Labute approximate surface area is 372 Å². The van der Waals surface area contributed by atoms with E-state index < -0.39 is 17.8 Å². The average Bonchev–Trinajstić information content (AvgIpc) is 3.80. The van der Waals surface area contributed by atoms with Crippen LogP contribution >= 0.6 is 11.6 Å². The normalized spacial score (nSPS) is 16.3. The molecule has 2 fully saturated rings. The van der Waals surface area contributed by atoms with Crippen LogP contribution in [0.1, 0.15) is 81.4 Å². The molecule has 2 aliphatic rings. The van der Waals surface area contributed by atoms with Gasteiger partial charge in [0.05, 0.1) is 11.0 Å². The number of carbonyl (C=O) groups excluding carboxylic acids is 2. The van der Waals surface area contributed by atoms with E-state index >= 15 is 0 Å². The summed E-state index contributed by atoms with van der Waals surface area (Å²) in [6.07, 6.45) is 14.7. The first kappa shape index (κ1) is 44.2. The highest BCUT2D eigenvalue weighted by Gasteiger charge is 2.31. The molecule has 63 heavy (non-hydrogen) atoms. The molecule has 2 aliphatic heterocycles. The van der Waals surface area contributed by atoms with E-state index in [4.69, 9.17) is 16.3 Å². The SMILES string of the molecule is Cn1c(=O)n(C2CCC(=O)NC2=O)c2ccc(CCCOCCCCCCCCCN3CCN(Cc4ccc(-c5c[nH]c6nc(Nc7cc(F)cc(Cl)c7)ncc56)cc4)CC3)cc21. The van der Waals surface area contributed by atoms with Crippen molar-refractivity contribution in [2.75, 3.05) is 51.3 Å². The maximum absolute atomic E-state index is 13.8. The zero-order chi connectivity index (χ0) is 43.7. The van der Waals surface area contributed by atoms with Gasteiger partial charge in [0.1, 0.15) is 17.5 Å². The number of aryl methyl sites for hydroxylation is 2. The van der Waals surface area contributed by atoms with Crippen molar-refractivity contribution in [1.29, 1.82) is 0 Å². The van der Waals surface area contributed by atoms with Crippen molar-refractivity contribution >= 4 is 57.1 Å². The molecular weight excluding hydrogens is 821 g/mol. The summed E-state index contributed by atoms with van der Waals surface area (Å²) in [6, 6.07) is 18.3. The fourth-order valence-corrected chi connectivity index (χ4v) is 9.10. The number of anilines is 2. The number of fused-ring (bicyclic) bond motifs is 2. The van der Waals surface area contributed by atoms with Crippen LogP contribution in [-0.4, -0.2) is 91.6 Å². The molecular formula is C48H57ClFN9O4. The Morgan fingerprint density at radius 1 is 0.841 bits per heavy atom. The molecule has 0 bridgehead atoms. The zero-order valence-corrected chi connectivity index (χ0v) is 36.8. The topological polar surface area (TPSA) is 142 Å². The van der Waals surface area contributed by atoms with Gasteiger partial charge < -0.3 is 19.9 Å². The molecule has 1 atom stereocenters. The summed E-state index contributed by atoms with van der Waals surface area (Å²) in [6.45, 7) is 8.04. The molecule has 2 amide bonds. The van der Waals surface area contributed by atoms with Crippen molar-refractivity contribution in [2.24, 2.45) is 7.05 Å². The maximum atomic E-state index is 13.8. The van der Waals surface area contributed by atoms with Crippen LogP contribution < -0.4 is 16.3 Å². The molecule has 332 valence electrons. The van der Waals surface area contributed by atoms with E-state index in [2.05, 4.69) is 59.7 Å². The summed E-state index contributed by atoms with van der Waals surface area (Å²) in [5, 5.41) is 6.61. The summed E-state index contributed by atoms with van der Waals surface area (Å²) in [5.74, 6) is -0.777. The lowest BCUT2D eigenvalue weighted by atomic mass is 10.0. The lowest BCUT2D eigenvalue weighted by molar-refractivity contribution is -0.135. The van der Waals surface area contributed by atoms with E-state index in [1.54, 1.807) is 23.9 Å². The Morgan fingerprint density at radius 2 is 1.57 bits per heavy atom. The van der Waals surface area contributed by atoms with Crippen molar-refractivity contribution < 1.29 is 18.7 Å². The number of ether oxygens (including phenoxy) is 1. The minimum Gasteiger partial charge on any atom is -0.381 e. The van der Waals surface area contributed by atoms with Gasteiger partial charge in [0, 0.05) is 93.5 Å². The Balaban J connectivity index is 0.650. The number of piperazine rings is 1. The smallest absolute Gasteiger partial charge is 0.329 e. The van der Waals surface area contributed by atoms with E-state index in [1.807, 2.05) is 24.4 Å². The average molecular weight is 878 g/mol. The number of carbonyl (C=O) groups is 2. The molecule has 6 aromatic rings. The van der Waals surface area contributed by atoms with Crippen LogP contribution in [0.15, 0.2) is 77.9 Å². The van der Waals surface area contributed by atoms with Gasteiger partial charge in [-0.3, -0.25) is 28.9 Å². The number of nitrogens with zero attached hydrogens (tertiary/aromatic N) is 6. The van der Waals surface area contributed by atoms with Gasteiger partial charge in [-0.1, -0.05) is 74.0 Å².